The summed E-state index contributed by atoms with van der Waals surface area (Å²) in [7, 11) is 0. The number of aryl methyl sites for hydroxylation is 1. The van der Waals surface area contributed by atoms with Crippen LogP contribution in [0.15, 0.2) is 27.1 Å². The molecule has 3 rings (SSSR count). The Morgan fingerprint density at radius 2 is 1.72 bits per heavy atom. The fourth-order valence-electron chi connectivity index (χ4n) is 2.72. The molecule has 1 fully saturated rings. The summed E-state index contributed by atoms with van der Waals surface area (Å²) in [5.74, 6) is 4.41. The fraction of sp³-hybridized carbons (Fsp3) is 0.444. The maximum Gasteiger partial charge on any atom is 0.229 e. The first kappa shape index (κ1) is 19.0. The first-order chi connectivity index (χ1) is 11.9. The summed E-state index contributed by atoms with van der Waals surface area (Å²) in [4.78, 5) is 11.6. The van der Waals surface area contributed by atoms with Crippen LogP contribution >= 0.6 is 43.6 Å². The van der Waals surface area contributed by atoms with Gasteiger partial charge < -0.3 is 10.2 Å². The highest BCUT2D eigenvalue weighted by atomic mass is 79.9. The Labute approximate surface area is 170 Å². The van der Waals surface area contributed by atoms with Gasteiger partial charge in [-0.15, -0.1) is 0 Å². The summed E-state index contributed by atoms with van der Waals surface area (Å²) in [6, 6.07) is 6.36. The highest BCUT2D eigenvalue weighted by molar-refractivity contribution is 9.11. The number of nitrogens with zero attached hydrogens (tertiary/aromatic N) is 3. The van der Waals surface area contributed by atoms with Crippen molar-refractivity contribution in [1.29, 1.82) is 0 Å². The van der Waals surface area contributed by atoms with E-state index in [9.17, 15) is 0 Å². The van der Waals surface area contributed by atoms with Crippen LogP contribution in [0.25, 0.3) is 0 Å². The number of anilines is 3. The van der Waals surface area contributed by atoms with Crippen LogP contribution in [0, 0.1) is 6.92 Å². The molecule has 4 nitrogen and oxygen atoms in total. The lowest BCUT2D eigenvalue weighted by Gasteiger charge is -2.27. The summed E-state index contributed by atoms with van der Waals surface area (Å²) in [5.41, 5.74) is 3.20. The molecule has 0 unspecified atom stereocenters. The van der Waals surface area contributed by atoms with Crippen molar-refractivity contribution < 1.29 is 0 Å². The SMILES string of the molecule is Cc1cc(N2CCSCC2)nc(Nc2c(Br)cc(C(C)C)cc2Br)n1. The molecular formula is C18H22Br2N4S. The third-order valence-electron chi connectivity index (χ3n) is 4.14. The summed E-state index contributed by atoms with van der Waals surface area (Å²) in [5, 5.41) is 3.38. The smallest absolute Gasteiger partial charge is 0.229 e. The lowest BCUT2D eigenvalue weighted by atomic mass is 10.0. The van der Waals surface area contributed by atoms with Crippen LogP contribution in [0.1, 0.15) is 31.0 Å². The van der Waals surface area contributed by atoms with Gasteiger partial charge in [-0.1, -0.05) is 13.8 Å². The lowest BCUT2D eigenvalue weighted by Crippen LogP contribution is -2.33. The Bertz CT molecular complexity index is 738. The van der Waals surface area contributed by atoms with Crippen LogP contribution in [0.3, 0.4) is 0 Å². The zero-order valence-electron chi connectivity index (χ0n) is 14.6. The number of aromatic nitrogens is 2. The van der Waals surface area contributed by atoms with Crippen molar-refractivity contribution in [3.63, 3.8) is 0 Å². The van der Waals surface area contributed by atoms with Crippen molar-refractivity contribution in [2.45, 2.75) is 26.7 Å². The number of nitrogens with one attached hydrogen (secondary N) is 1. The maximum atomic E-state index is 4.75. The zero-order chi connectivity index (χ0) is 18.0. The molecular weight excluding hydrogens is 464 g/mol. The Hall–Kier alpha value is -0.790. The van der Waals surface area contributed by atoms with E-state index in [-0.39, 0.29) is 0 Å². The molecule has 2 aromatic rings. The van der Waals surface area contributed by atoms with Crippen molar-refractivity contribution >= 4 is 61.1 Å². The fourth-order valence-corrected chi connectivity index (χ4v) is 5.04. The molecule has 1 aliphatic heterocycles. The first-order valence-corrected chi connectivity index (χ1v) is 11.1. The third kappa shape index (κ3) is 4.68. The minimum absolute atomic E-state index is 0.473. The summed E-state index contributed by atoms with van der Waals surface area (Å²) in [6.45, 7) is 8.47. The molecule has 25 heavy (non-hydrogen) atoms. The maximum absolute atomic E-state index is 4.75. The van der Waals surface area contributed by atoms with Crippen molar-refractivity contribution in [2.75, 3.05) is 34.8 Å². The highest BCUT2D eigenvalue weighted by Crippen LogP contribution is 2.36. The van der Waals surface area contributed by atoms with Crippen LogP contribution in [-0.4, -0.2) is 34.6 Å². The number of benzene rings is 1. The van der Waals surface area contributed by atoms with Gasteiger partial charge in [0.15, 0.2) is 0 Å². The van der Waals surface area contributed by atoms with Crippen LogP contribution < -0.4 is 10.2 Å². The van der Waals surface area contributed by atoms with Gasteiger partial charge in [0.1, 0.15) is 5.82 Å². The van der Waals surface area contributed by atoms with Gasteiger partial charge in [-0.3, -0.25) is 0 Å². The van der Waals surface area contributed by atoms with E-state index in [2.05, 4.69) is 79.1 Å². The van der Waals surface area contributed by atoms with Crippen LogP contribution in [0.4, 0.5) is 17.5 Å². The number of rotatable bonds is 4. The number of thioether (sulfide) groups is 1. The minimum Gasteiger partial charge on any atom is -0.355 e. The predicted octanol–water partition coefficient (Wildman–Crippen LogP) is 5.73. The molecule has 0 amide bonds. The normalized spacial score (nSPS) is 14.9. The average Bonchev–Trinajstić information content (AvgIpc) is 2.58. The third-order valence-corrected chi connectivity index (χ3v) is 6.34. The van der Waals surface area contributed by atoms with E-state index in [0.29, 0.717) is 11.9 Å². The standard InChI is InChI=1S/C18H22Br2N4S/c1-11(2)13-9-14(19)17(15(20)10-13)23-18-21-12(3)8-16(22-18)24-4-6-25-7-5-24/h8-11H,4-7H2,1-3H3,(H,21,22,23). The van der Waals surface area contributed by atoms with E-state index >= 15 is 0 Å². The molecule has 134 valence electrons. The Balaban J connectivity index is 1.89. The monoisotopic (exact) mass is 484 g/mol. The molecule has 7 heteroatoms. The molecule has 0 aliphatic carbocycles. The van der Waals surface area contributed by atoms with Gasteiger partial charge in [0, 0.05) is 45.3 Å². The number of hydrogen-bond donors (Lipinski definition) is 1. The molecule has 1 aromatic carbocycles. The lowest BCUT2D eigenvalue weighted by molar-refractivity contribution is 0.834. The van der Waals surface area contributed by atoms with E-state index in [1.54, 1.807) is 0 Å². The Morgan fingerprint density at radius 1 is 1.08 bits per heavy atom. The molecule has 0 atom stereocenters. The van der Waals surface area contributed by atoms with Crippen LogP contribution in [-0.2, 0) is 0 Å². The van der Waals surface area contributed by atoms with Crippen molar-refractivity contribution in [1.82, 2.24) is 9.97 Å². The van der Waals surface area contributed by atoms with Crippen molar-refractivity contribution in [2.24, 2.45) is 0 Å². The molecule has 1 saturated heterocycles. The quantitative estimate of drug-likeness (QED) is 0.598. The largest absolute Gasteiger partial charge is 0.355 e. The van der Waals surface area contributed by atoms with Crippen molar-refractivity contribution in [3.05, 3.63) is 38.4 Å². The molecule has 1 N–H and O–H groups in total. The molecule has 2 heterocycles. The molecule has 1 aliphatic rings. The summed E-state index contributed by atoms with van der Waals surface area (Å²) < 4.78 is 2.01. The second-order valence-electron chi connectivity index (χ2n) is 6.43. The van der Waals surface area contributed by atoms with Gasteiger partial charge in [-0.2, -0.15) is 16.7 Å². The Kier molecular flexibility index (Phi) is 6.28. The topological polar surface area (TPSA) is 41.1 Å². The van der Waals surface area contributed by atoms with Crippen LogP contribution in [0.5, 0.6) is 0 Å². The number of hydrogen-bond acceptors (Lipinski definition) is 5. The molecule has 0 spiro atoms. The average molecular weight is 486 g/mol. The first-order valence-electron chi connectivity index (χ1n) is 8.38. The predicted molar refractivity (Wildman–Crippen MR) is 116 cm³/mol. The van der Waals surface area contributed by atoms with Gasteiger partial charge in [0.2, 0.25) is 5.95 Å². The highest BCUT2D eigenvalue weighted by Gasteiger charge is 2.16. The molecule has 1 aromatic heterocycles. The van der Waals surface area contributed by atoms with E-state index in [0.717, 1.165) is 50.7 Å². The molecule has 0 radical (unpaired) electrons. The van der Waals surface area contributed by atoms with Gasteiger partial charge in [0.05, 0.1) is 5.69 Å². The van der Waals surface area contributed by atoms with E-state index < -0.39 is 0 Å². The van der Waals surface area contributed by atoms with Gasteiger partial charge in [-0.05, 0) is 62.4 Å². The van der Waals surface area contributed by atoms with E-state index in [4.69, 9.17) is 4.98 Å². The minimum atomic E-state index is 0.473. The molecule has 0 saturated carbocycles. The van der Waals surface area contributed by atoms with Crippen LogP contribution in [0.2, 0.25) is 0 Å². The van der Waals surface area contributed by atoms with Gasteiger partial charge >= 0.3 is 0 Å². The second-order valence-corrected chi connectivity index (χ2v) is 9.36. The molecule has 0 bridgehead atoms. The van der Waals surface area contributed by atoms with Crippen molar-refractivity contribution in [3.8, 4) is 0 Å². The zero-order valence-corrected chi connectivity index (χ0v) is 18.6. The Morgan fingerprint density at radius 3 is 2.32 bits per heavy atom. The summed E-state index contributed by atoms with van der Waals surface area (Å²) >= 11 is 9.35. The summed E-state index contributed by atoms with van der Waals surface area (Å²) in [6.07, 6.45) is 0. The second kappa shape index (κ2) is 8.27. The van der Waals surface area contributed by atoms with E-state index in [1.165, 1.54) is 5.56 Å². The van der Waals surface area contributed by atoms with E-state index in [1.807, 2.05) is 18.7 Å². The van der Waals surface area contributed by atoms with Gasteiger partial charge in [0.25, 0.3) is 0 Å². The number of halogens is 2. The van der Waals surface area contributed by atoms with Gasteiger partial charge in [-0.25, -0.2) is 4.98 Å².